The van der Waals surface area contributed by atoms with Crippen LogP contribution in [0.5, 0.6) is 0 Å². The average molecular weight is 303 g/mol. The van der Waals surface area contributed by atoms with Crippen LogP contribution in [0, 0.1) is 0 Å². The Kier molecular flexibility index (Phi) is 5.16. The number of sulfonamides is 1. The Morgan fingerprint density at radius 3 is 2.58 bits per heavy atom. The third kappa shape index (κ3) is 4.96. The lowest BCUT2D eigenvalue weighted by Gasteiger charge is -2.17. The van der Waals surface area contributed by atoms with Gasteiger partial charge in [0.05, 0.1) is 18.3 Å². The lowest BCUT2D eigenvalue weighted by Crippen LogP contribution is -2.41. The number of alkyl halides is 3. The van der Waals surface area contributed by atoms with Crippen LogP contribution in [0.25, 0.3) is 0 Å². The number of carbonyl (C=O) groups excluding carboxylic acids is 1. The maximum Gasteiger partial charge on any atom is 0.401 e. The Hall–Kier alpha value is -0.870. The van der Waals surface area contributed by atoms with Crippen molar-refractivity contribution in [1.82, 2.24) is 14.9 Å². The quantitative estimate of drug-likeness (QED) is 0.703. The molecule has 1 atom stereocenters. The van der Waals surface area contributed by atoms with E-state index in [-0.39, 0.29) is 19.5 Å². The monoisotopic (exact) mass is 303 g/mol. The van der Waals surface area contributed by atoms with E-state index in [0.29, 0.717) is 0 Å². The Morgan fingerprint density at radius 2 is 2.05 bits per heavy atom. The van der Waals surface area contributed by atoms with Crippen molar-refractivity contribution >= 4 is 15.9 Å². The highest BCUT2D eigenvalue weighted by atomic mass is 32.2. The summed E-state index contributed by atoms with van der Waals surface area (Å²) in [6, 6.07) is 0. The summed E-state index contributed by atoms with van der Waals surface area (Å²) in [5.41, 5.74) is 0. The van der Waals surface area contributed by atoms with Crippen molar-refractivity contribution in [2.45, 2.75) is 17.8 Å². The molecule has 0 aromatic heterocycles. The molecule has 10 heteroatoms. The molecule has 112 valence electrons. The Bertz CT molecular complexity index is 424. The van der Waals surface area contributed by atoms with Gasteiger partial charge in [0.2, 0.25) is 15.9 Å². The summed E-state index contributed by atoms with van der Waals surface area (Å²) >= 11 is 0. The molecule has 1 saturated heterocycles. The molecule has 2 N–H and O–H groups in total. The second-order valence-electron chi connectivity index (χ2n) is 4.22. The highest BCUT2D eigenvalue weighted by molar-refractivity contribution is 7.90. The van der Waals surface area contributed by atoms with Gasteiger partial charge in [0.25, 0.3) is 0 Å². The van der Waals surface area contributed by atoms with Crippen LogP contribution in [0.3, 0.4) is 0 Å². The van der Waals surface area contributed by atoms with Crippen molar-refractivity contribution in [3.8, 4) is 0 Å². The van der Waals surface area contributed by atoms with E-state index in [4.69, 9.17) is 0 Å². The fourth-order valence-corrected chi connectivity index (χ4v) is 2.92. The predicted molar refractivity (Wildman–Crippen MR) is 61.9 cm³/mol. The molecule has 0 aromatic carbocycles. The zero-order valence-corrected chi connectivity index (χ0v) is 11.1. The smallest absolute Gasteiger partial charge is 0.340 e. The molecule has 1 amide bonds. The van der Waals surface area contributed by atoms with Gasteiger partial charge in [0.15, 0.2) is 0 Å². The van der Waals surface area contributed by atoms with Crippen molar-refractivity contribution in [3.63, 3.8) is 0 Å². The van der Waals surface area contributed by atoms with Crippen molar-refractivity contribution in [2.75, 3.05) is 33.2 Å². The summed E-state index contributed by atoms with van der Waals surface area (Å²) in [6.45, 7) is -1.45. The molecule has 0 radical (unpaired) electrons. The SMILES string of the molecule is CNS(=O)(=O)C1CCN(C(=O)CNCC(F)(F)F)C1. The summed E-state index contributed by atoms with van der Waals surface area (Å²) in [4.78, 5) is 12.8. The topological polar surface area (TPSA) is 78.5 Å². The summed E-state index contributed by atoms with van der Waals surface area (Å²) in [6.07, 6.45) is -4.09. The zero-order chi connectivity index (χ0) is 14.7. The van der Waals surface area contributed by atoms with Gasteiger partial charge in [0.1, 0.15) is 0 Å². The van der Waals surface area contributed by atoms with Gasteiger partial charge >= 0.3 is 6.18 Å². The molecule has 0 aliphatic carbocycles. The molecule has 6 nitrogen and oxygen atoms in total. The van der Waals surface area contributed by atoms with Crippen molar-refractivity contribution < 1.29 is 26.4 Å². The standard InChI is InChI=1S/C9H16F3N3O3S/c1-13-19(17,18)7-2-3-15(5-7)8(16)4-14-6-9(10,11)12/h7,13-14H,2-6H2,1H3. The molecule has 1 aliphatic heterocycles. The number of hydrogen-bond donors (Lipinski definition) is 2. The van der Waals surface area contributed by atoms with E-state index in [1.807, 2.05) is 5.32 Å². The van der Waals surface area contributed by atoms with E-state index in [1.54, 1.807) is 0 Å². The summed E-state index contributed by atoms with van der Waals surface area (Å²) < 4.78 is 60.8. The van der Waals surface area contributed by atoms with Crippen molar-refractivity contribution in [2.24, 2.45) is 0 Å². The maximum absolute atomic E-state index is 11.9. The Balaban J connectivity index is 2.41. The van der Waals surface area contributed by atoms with E-state index in [2.05, 4.69) is 4.72 Å². The van der Waals surface area contributed by atoms with E-state index in [0.717, 1.165) is 0 Å². The first-order valence-corrected chi connectivity index (χ1v) is 7.18. The fourth-order valence-electron chi connectivity index (χ4n) is 1.80. The molecule has 0 spiro atoms. The van der Waals surface area contributed by atoms with Crippen LogP contribution >= 0.6 is 0 Å². The second kappa shape index (κ2) is 6.06. The van der Waals surface area contributed by atoms with Crippen LogP contribution in [-0.4, -0.2) is 63.9 Å². The van der Waals surface area contributed by atoms with Crippen LogP contribution in [-0.2, 0) is 14.8 Å². The minimum atomic E-state index is -4.37. The summed E-state index contributed by atoms with van der Waals surface area (Å²) in [7, 11) is -2.17. The van der Waals surface area contributed by atoms with E-state index < -0.39 is 40.4 Å². The van der Waals surface area contributed by atoms with Gasteiger partial charge in [-0.2, -0.15) is 13.2 Å². The van der Waals surface area contributed by atoms with E-state index >= 15 is 0 Å². The molecule has 0 bridgehead atoms. The Labute approximate surface area is 109 Å². The molecule has 0 aromatic rings. The van der Waals surface area contributed by atoms with E-state index in [1.165, 1.54) is 11.9 Å². The molecular formula is C9H16F3N3O3S. The molecule has 1 unspecified atom stereocenters. The predicted octanol–water partition coefficient (Wildman–Crippen LogP) is -0.712. The average Bonchev–Trinajstić information content (AvgIpc) is 2.77. The van der Waals surface area contributed by atoms with Crippen LogP contribution < -0.4 is 10.0 Å². The van der Waals surface area contributed by atoms with Crippen molar-refractivity contribution in [1.29, 1.82) is 0 Å². The van der Waals surface area contributed by atoms with Gasteiger partial charge in [-0.05, 0) is 13.5 Å². The molecule has 19 heavy (non-hydrogen) atoms. The van der Waals surface area contributed by atoms with E-state index in [9.17, 15) is 26.4 Å². The molecule has 0 saturated carbocycles. The maximum atomic E-state index is 11.9. The first-order chi connectivity index (χ1) is 8.65. The van der Waals surface area contributed by atoms with Gasteiger partial charge in [-0.25, -0.2) is 13.1 Å². The largest absolute Gasteiger partial charge is 0.401 e. The molecule has 1 fully saturated rings. The number of hydrogen-bond acceptors (Lipinski definition) is 4. The second-order valence-corrected chi connectivity index (χ2v) is 6.38. The lowest BCUT2D eigenvalue weighted by atomic mass is 10.4. The summed E-state index contributed by atoms with van der Waals surface area (Å²) in [5, 5.41) is 1.28. The third-order valence-electron chi connectivity index (χ3n) is 2.82. The third-order valence-corrected chi connectivity index (χ3v) is 4.65. The van der Waals surface area contributed by atoms with Gasteiger partial charge < -0.3 is 10.2 Å². The number of rotatable bonds is 5. The lowest BCUT2D eigenvalue weighted by molar-refractivity contribution is -0.133. The summed E-state index contributed by atoms with van der Waals surface area (Å²) in [5.74, 6) is -0.530. The normalized spacial score (nSPS) is 20.8. The minimum Gasteiger partial charge on any atom is -0.340 e. The van der Waals surface area contributed by atoms with Crippen LogP contribution in [0.4, 0.5) is 13.2 Å². The number of nitrogens with zero attached hydrogens (tertiary/aromatic N) is 1. The van der Waals surface area contributed by atoms with Crippen LogP contribution in [0.2, 0.25) is 0 Å². The molecular weight excluding hydrogens is 287 g/mol. The highest BCUT2D eigenvalue weighted by Gasteiger charge is 2.34. The zero-order valence-electron chi connectivity index (χ0n) is 10.3. The molecule has 1 rings (SSSR count). The number of likely N-dealkylation sites (tertiary alicyclic amines) is 1. The first-order valence-electron chi connectivity index (χ1n) is 5.63. The number of amides is 1. The minimum absolute atomic E-state index is 0.00963. The van der Waals surface area contributed by atoms with Crippen LogP contribution in [0.15, 0.2) is 0 Å². The van der Waals surface area contributed by atoms with Gasteiger partial charge in [-0.3, -0.25) is 4.79 Å². The fraction of sp³-hybridized carbons (Fsp3) is 0.889. The van der Waals surface area contributed by atoms with Gasteiger partial charge in [-0.1, -0.05) is 0 Å². The van der Waals surface area contributed by atoms with Crippen LogP contribution in [0.1, 0.15) is 6.42 Å². The first kappa shape index (κ1) is 16.2. The number of nitrogens with one attached hydrogen (secondary N) is 2. The number of halogens is 3. The van der Waals surface area contributed by atoms with Crippen molar-refractivity contribution in [3.05, 3.63) is 0 Å². The van der Waals surface area contributed by atoms with Gasteiger partial charge in [0, 0.05) is 13.1 Å². The highest BCUT2D eigenvalue weighted by Crippen LogP contribution is 2.16. The van der Waals surface area contributed by atoms with Gasteiger partial charge in [-0.15, -0.1) is 0 Å². The number of carbonyl (C=O) groups is 1. The Morgan fingerprint density at radius 1 is 1.42 bits per heavy atom. The molecule has 1 aliphatic rings. The molecule has 1 heterocycles.